The van der Waals surface area contributed by atoms with E-state index in [1.54, 1.807) is 0 Å². The van der Waals surface area contributed by atoms with E-state index in [0.29, 0.717) is 0 Å². The zero-order valence-electron chi connectivity index (χ0n) is 20.0. The molecule has 0 saturated carbocycles. The third kappa shape index (κ3) is 4240. The largest absolute Gasteiger partial charge is 2.00 e. The van der Waals surface area contributed by atoms with Crippen molar-refractivity contribution in [2.45, 2.75) is 0 Å². The fourth-order valence-electron chi connectivity index (χ4n) is 0. The molecule has 152 valence electrons. The summed E-state index contributed by atoms with van der Waals surface area (Å²) < 4.78 is 94.8. The van der Waals surface area contributed by atoms with Gasteiger partial charge >= 0.3 is 130 Å². The van der Waals surface area contributed by atoms with Gasteiger partial charge in [0.2, 0.25) is 0 Å². The summed E-state index contributed by atoms with van der Waals surface area (Å²) in [6, 6.07) is 0. The second-order valence-corrected chi connectivity index (χ2v) is 4.31. The Bertz CT molecular complexity index is 457. The molecule has 0 aromatic heterocycles. The average molecular weight is 498 g/mol. The maximum atomic E-state index is 8.74. The summed E-state index contributed by atoms with van der Waals surface area (Å²) in [4.78, 5) is 8.56. The summed E-state index contributed by atoms with van der Waals surface area (Å²) in [7, 11) is -14.0. The van der Waals surface area contributed by atoms with Crippen molar-refractivity contribution in [2.24, 2.45) is 0 Å². The van der Waals surface area contributed by atoms with Gasteiger partial charge in [0.25, 0.3) is 0 Å². The molecular formula is CH20Mg4O17S3. The van der Waals surface area contributed by atoms with E-state index in [4.69, 9.17) is 67.6 Å². The fraction of sp³-hybridized carbons (Fsp3) is 0. The van der Waals surface area contributed by atoms with E-state index in [1.165, 1.54) is 0 Å². The van der Waals surface area contributed by atoms with E-state index < -0.39 is 37.4 Å². The average Bonchev–Trinajstić information content (AvgIpc) is 1.66. The van der Waals surface area contributed by atoms with Gasteiger partial charge in [-0.25, -0.2) is 4.79 Å². The van der Waals surface area contributed by atoms with E-state index in [2.05, 4.69) is 0 Å². The Morgan fingerprint density at radius 3 is 0.520 bits per heavy atom. The molecule has 12 N–H and O–H groups in total. The number of carboxylic acid groups (broad SMARTS) is 2. The van der Waals surface area contributed by atoms with Crippen LogP contribution >= 0.6 is 0 Å². The van der Waals surface area contributed by atoms with Gasteiger partial charge < -0.3 is 32.6 Å². The molecule has 0 unspecified atom stereocenters. The number of carbonyl (C=O) groups is 1. The standard InChI is InChI=1S/CH2O3.4Mg.3H2O4S.2H2O.8H/c2-1(3)4;;;;;3*1-5(2,3)4;;;;;;;;;;/h(H2,2,3,4);;;;;3*(H2,1,2,3,4);2*1H2;;;;;;;;/q;4*+2;;;;;;8*-1. The van der Waals surface area contributed by atoms with Crippen LogP contribution in [0.25, 0.3) is 0 Å². The summed E-state index contributed by atoms with van der Waals surface area (Å²) in [5, 5.41) is 13.9. The summed E-state index contributed by atoms with van der Waals surface area (Å²) in [6.07, 6.45) is -1.83. The molecule has 24 heteroatoms. The molecule has 0 rings (SSSR count). The minimum Gasteiger partial charge on any atom is -1.00 e. The Morgan fingerprint density at radius 2 is 0.520 bits per heavy atom. The van der Waals surface area contributed by atoms with Gasteiger partial charge in [-0.15, -0.1) is 0 Å². The van der Waals surface area contributed by atoms with Crippen LogP contribution in [0.5, 0.6) is 0 Å². The molecule has 25 heavy (non-hydrogen) atoms. The van der Waals surface area contributed by atoms with Gasteiger partial charge in [-0.2, -0.15) is 25.3 Å². The molecule has 0 aromatic rings. The van der Waals surface area contributed by atoms with Crippen molar-refractivity contribution in [3.05, 3.63) is 0 Å². The summed E-state index contributed by atoms with van der Waals surface area (Å²) in [5.74, 6) is 0. The second kappa shape index (κ2) is 30.6. The SMILES string of the molecule is O.O.O=C(O)O.O=S(=O)(O)O.O=S(=O)(O)O.O=S(=O)(O)O.[H-].[H-].[H-].[H-].[H-].[H-].[H-].[H-].[Mg+2].[Mg+2].[Mg+2].[Mg+2]. The quantitative estimate of drug-likeness (QED) is 0.117. The summed E-state index contributed by atoms with van der Waals surface area (Å²) >= 11 is 0. The van der Waals surface area contributed by atoms with Gasteiger partial charge in [0.05, 0.1) is 0 Å². The first-order chi connectivity index (χ1) is 7.73. The summed E-state index contributed by atoms with van der Waals surface area (Å²) in [5.41, 5.74) is 0. The molecule has 0 amide bonds. The van der Waals surface area contributed by atoms with Crippen molar-refractivity contribution in [3.8, 4) is 0 Å². The van der Waals surface area contributed by atoms with Gasteiger partial charge in [0.15, 0.2) is 0 Å². The van der Waals surface area contributed by atoms with Crippen LogP contribution in [-0.4, -0.2) is 172 Å². The van der Waals surface area contributed by atoms with E-state index in [-0.39, 0.29) is 115 Å². The molecular weight excluding hydrogens is 477 g/mol. The molecule has 0 radical (unpaired) electrons. The number of hydrogen-bond acceptors (Lipinski definition) is 7. The Labute approximate surface area is 217 Å². The monoisotopic (exact) mass is 496 g/mol. The van der Waals surface area contributed by atoms with Crippen molar-refractivity contribution in [3.63, 3.8) is 0 Å². The van der Waals surface area contributed by atoms with Crippen LogP contribution in [-0.2, 0) is 31.2 Å². The molecule has 0 bridgehead atoms. The molecule has 0 atom stereocenters. The predicted octanol–water partition coefficient (Wildman–Crippen LogP) is -4.01. The first kappa shape index (κ1) is 63.2. The zero-order chi connectivity index (χ0) is 17.1. The first-order valence-corrected chi connectivity index (χ1v) is 6.94. The van der Waals surface area contributed by atoms with E-state index in [1.807, 2.05) is 0 Å². The maximum absolute atomic E-state index is 8.74. The van der Waals surface area contributed by atoms with Gasteiger partial charge in [0, 0.05) is 0 Å². The third-order valence-corrected chi connectivity index (χ3v) is 0. The minimum absolute atomic E-state index is 0. The van der Waals surface area contributed by atoms with Crippen LogP contribution in [0, 0.1) is 0 Å². The normalized spacial score (nSPS) is 7.92. The third-order valence-electron chi connectivity index (χ3n) is 0. The fourth-order valence-corrected chi connectivity index (χ4v) is 0. The molecule has 0 saturated heterocycles. The van der Waals surface area contributed by atoms with Crippen LogP contribution in [0.2, 0.25) is 0 Å². The van der Waals surface area contributed by atoms with Crippen LogP contribution in [0.15, 0.2) is 0 Å². The van der Waals surface area contributed by atoms with Gasteiger partial charge in [-0.3, -0.25) is 27.3 Å². The Kier molecular flexibility index (Phi) is 77.3. The zero-order valence-corrected chi connectivity index (χ0v) is 20.1. The van der Waals surface area contributed by atoms with Gasteiger partial charge in [-0.05, 0) is 0 Å². The molecule has 0 aromatic carbocycles. The van der Waals surface area contributed by atoms with Crippen LogP contribution in [0.4, 0.5) is 4.79 Å². The Morgan fingerprint density at radius 1 is 0.520 bits per heavy atom. The van der Waals surface area contributed by atoms with E-state index in [9.17, 15) is 0 Å². The van der Waals surface area contributed by atoms with Gasteiger partial charge in [-0.1, -0.05) is 0 Å². The van der Waals surface area contributed by atoms with Crippen molar-refractivity contribution < 1.29 is 89.9 Å². The Balaban J connectivity index is -0.00000000499. The van der Waals surface area contributed by atoms with Crippen molar-refractivity contribution >= 4 is 130 Å². The predicted molar refractivity (Wildman–Crippen MR) is 92.3 cm³/mol. The molecule has 0 aliphatic carbocycles. The van der Waals surface area contributed by atoms with Crippen LogP contribution in [0.3, 0.4) is 0 Å². The van der Waals surface area contributed by atoms with Gasteiger partial charge in [0.1, 0.15) is 0 Å². The molecule has 0 heterocycles. The van der Waals surface area contributed by atoms with Crippen molar-refractivity contribution in [1.82, 2.24) is 0 Å². The molecule has 0 aliphatic rings. The minimum atomic E-state index is -4.67. The molecule has 0 fully saturated rings. The topological polar surface area (TPSA) is 344 Å². The smallest absolute Gasteiger partial charge is 1.00 e. The van der Waals surface area contributed by atoms with E-state index >= 15 is 0 Å². The van der Waals surface area contributed by atoms with Crippen LogP contribution in [0.1, 0.15) is 11.4 Å². The first-order valence-electron chi connectivity index (χ1n) is 2.75. The maximum Gasteiger partial charge on any atom is 2.00 e. The molecule has 0 aliphatic heterocycles. The van der Waals surface area contributed by atoms with Crippen molar-refractivity contribution in [1.29, 1.82) is 0 Å². The number of hydrogen-bond donors (Lipinski definition) is 8. The molecule has 17 nitrogen and oxygen atoms in total. The van der Waals surface area contributed by atoms with E-state index in [0.717, 1.165) is 0 Å². The van der Waals surface area contributed by atoms with Crippen molar-refractivity contribution in [2.75, 3.05) is 0 Å². The second-order valence-electron chi connectivity index (χ2n) is 1.63. The van der Waals surface area contributed by atoms with Crippen LogP contribution < -0.4 is 0 Å². The number of rotatable bonds is 0. The summed E-state index contributed by atoms with van der Waals surface area (Å²) in [6.45, 7) is 0. The Hall–Kier alpha value is 1.86. The molecule has 0 spiro atoms.